The summed E-state index contributed by atoms with van der Waals surface area (Å²) >= 11 is 6.40. The highest BCUT2D eigenvalue weighted by Crippen LogP contribution is 2.28. The molecule has 0 amide bonds. The highest BCUT2D eigenvalue weighted by Gasteiger charge is 2.28. The van der Waals surface area contributed by atoms with Gasteiger partial charge >= 0.3 is 0 Å². The van der Waals surface area contributed by atoms with Crippen molar-refractivity contribution in [3.8, 4) is 22.8 Å². The zero-order valence-electron chi connectivity index (χ0n) is 22.2. The average Bonchev–Trinajstić information content (AvgIpc) is 2.92. The predicted molar refractivity (Wildman–Crippen MR) is 146 cm³/mol. The molecule has 0 aromatic carbocycles. The van der Waals surface area contributed by atoms with Crippen LogP contribution in [-0.4, -0.2) is 48.3 Å². The minimum Gasteiger partial charge on any atom is -0.485 e. The maximum absolute atomic E-state index is 14.0. The van der Waals surface area contributed by atoms with Crippen molar-refractivity contribution in [3.05, 3.63) is 86.8 Å². The van der Waals surface area contributed by atoms with Crippen LogP contribution in [0.25, 0.3) is 17.1 Å². The maximum Gasteiger partial charge on any atom is 0.277 e. The van der Waals surface area contributed by atoms with E-state index >= 15 is 0 Å². The number of aliphatic hydroxyl groups is 1. The summed E-state index contributed by atoms with van der Waals surface area (Å²) < 4.78 is 34.2. The summed E-state index contributed by atoms with van der Waals surface area (Å²) in [5.74, 6) is -1.06. The van der Waals surface area contributed by atoms with Gasteiger partial charge in [-0.15, -0.1) is 0 Å². The number of anilines is 1. The van der Waals surface area contributed by atoms with Crippen LogP contribution in [0.2, 0.25) is 5.02 Å². The molecule has 0 saturated carbocycles. The van der Waals surface area contributed by atoms with Gasteiger partial charge in [-0.2, -0.15) is 0 Å². The molecule has 0 bridgehead atoms. The Labute approximate surface area is 234 Å². The largest absolute Gasteiger partial charge is 0.485 e. The molecule has 208 valence electrons. The molecule has 12 heteroatoms. The fourth-order valence-corrected chi connectivity index (χ4v) is 4.70. The van der Waals surface area contributed by atoms with E-state index in [1.807, 2.05) is 18.7 Å². The van der Waals surface area contributed by atoms with Gasteiger partial charge in [0.25, 0.3) is 5.56 Å². The average molecular weight is 569 g/mol. The molecule has 0 radical (unpaired) electrons. The van der Waals surface area contributed by atoms with E-state index in [0.29, 0.717) is 60.7 Å². The van der Waals surface area contributed by atoms with E-state index < -0.39 is 22.8 Å². The molecule has 5 rings (SSSR count). The van der Waals surface area contributed by atoms with E-state index in [-0.39, 0.29) is 23.1 Å². The monoisotopic (exact) mass is 568 g/mol. The molecule has 1 saturated heterocycles. The lowest BCUT2D eigenvalue weighted by atomic mass is 9.94. The normalized spacial score (nSPS) is 14.8. The standard InChI is InChI=1S/C28H27ClF2N6O3/c1-16-13-33-21(20-4-7-32-27(35-20)36-8-5-28(3,39)6-9-36)12-23(16)37-17(2)10-24(25(29)26(37)38)40-15-22-19(31)11-18(30)14-34-22/h4,7,10-14,39H,5-6,8-9,15H2,1-3H3. The molecule has 1 aliphatic rings. The Balaban J connectivity index is 1.44. The first-order valence-electron chi connectivity index (χ1n) is 12.6. The third-order valence-corrected chi connectivity index (χ3v) is 7.24. The fraction of sp³-hybridized carbons (Fsp3) is 0.321. The molecule has 40 heavy (non-hydrogen) atoms. The first kappa shape index (κ1) is 27.6. The molecule has 1 aliphatic heterocycles. The Bertz CT molecular complexity index is 1640. The summed E-state index contributed by atoms with van der Waals surface area (Å²) in [4.78, 5) is 32.7. The smallest absolute Gasteiger partial charge is 0.277 e. The van der Waals surface area contributed by atoms with Gasteiger partial charge < -0.3 is 14.7 Å². The molecular formula is C28H27ClF2N6O3. The number of halogens is 3. The lowest BCUT2D eigenvalue weighted by Crippen LogP contribution is -2.43. The third kappa shape index (κ3) is 5.66. The topological polar surface area (TPSA) is 106 Å². The van der Waals surface area contributed by atoms with Gasteiger partial charge in [-0.3, -0.25) is 19.3 Å². The van der Waals surface area contributed by atoms with E-state index in [0.717, 1.165) is 11.8 Å². The number of rotatable bonds is 6. The summed E-state index contributed by atoms with van der Waals surface area (Å²) in [6.45, 7) is 6.30. The van der Waals surface area contributed by atoms with Gasteiger partial charge in [-0.05, 0) is 51.3 Å². The lowest BCUT2D eigenvalue weighted by Gasteiger charge is -2.35. The van der Waals surface area contributed by atoms with E-state index in [4.69, 9.17) is 21.3 Å². The minimum absolute atomic E-state index is 0.0545. The van der Waals surface area contributed by atoms with Gasteiger partial charge in [0, 0.05) is 43.3 Å². The molecule has 4 aromatic heterocycles. The van der Waals surface area contributed by atoms with Crippen LogP contribution in [0.1, 0.15) is 36.7 Å². The van der Waals surface area contributed by atoms with Crippen molar-refractivity contribution in [3.63, 3.8) is 0 Å². The second kappa shape index (κ2) is 10.9. The van der Waals surface area contributed by atoms with Gasteiger partial charge in [-0.1, -0.05) is 11.6 Å². The van der Waals surface area contributed by atoms with Crippen molar-refractivity contribution in [2.24, 2.45) is 0 Å². The molecule has 9 nitrogen and oxygen atoms in total. The van der Waals surface area contributed by atoms with Crippen molar-refractivity contribution in [1.29, 1.82) is 0 Å². The molecule has 1 N–H and O–H groups in total. The first-order chi connectivity index (χ1) is 19.0. The molecular weight excluding hydrogens is 542 g/mol. The number of hydrogen-bond acceptors (Lipinski definition) is 8. The number of pyridine rings is 3. The fourth-order valence-electron chi connectivity index (χ4n) is 4.51. The van der Waals surface area contributed by atoms with Crippen LogP contribution in [0.15, 0.2) is 47.7 Å². The number of ether oxygens (including phenoxy) is 1. The molecule has 5 heterocycles. The predicted octanol–water partition coefficient (Wildman–Crippen LogP) is 4.56. The first-order valence-corrected chi connectivity index (χ1v) is 13.0. The van der Waals surface area contributed by atoms with E-state index in [1.165, 1.54) is 4.57 Å². The van der Waals surface area contributed by atoms with Gasteiger partial charge in [0.05, 0.1) is 28.9 Å². The number of aromatic nitrogens is 5. The Morgan fingerprint density at radius 2 is 1.82 bits per heavy atom. The summed E-state index contributed by atoms with van der Waals surface area (Å²) in [7, 11) is 0. The van der Waals surface area contributed by atoms with Crippen molar-refractivity contribution in [2.75, 3.05) is 18.0 Å². The lowest BCUT2D eigenvalue weighted by molar-refractivity contribution is 0.0349. The number of hydrogen-bond donors (Lipinski definition) is 1. The minimum atomic E-state index is -0.860. The zero-order chi connectivity index (χ0) is 28.6. The highest BCUT2D eigenvalue weighted by molar-refractivity contribution is 6.31. The molecule has 1 fully saturated rings. The van der Waals surface area contributed by atoms with Crippen molar-refractivity contribution in [1.82, 2.24) is 24.5 Å². The van der Waals surface area contributed by atoms with Crippen LogP contribution < -0.4 is 15.2 Å². The van der Waals surface area contributed by atoms with Crippen molar-refractivity contribution in [2.45, 2.75) is 45.8 Å². The van der Waals surface area contributed by atoms with Crippen molar-refractivity contribution >= 4 is 17.5 Å². The molecule has 0 unspecified atom stereocenters. The highest BCUT2D eigenvalue weighted by atomic mass is 35.5. The Morgan fingerprint density at radius 1 is 1.07 bits per heavy atom. The van der Waals surface area contributed by atoms with Gasteiger partial charge in [0.2, 0.25) is 5.95 Å². The number of piperidine rings is 1. The second-order valence-electron chi connectivity index (χ2n) is 10.1. The van der Waals surface area contributed by atoms with E-state index in [1.54, 1.807) is 37.5 Å². The van der Waals surface area contributed by atoms with Crippen LogP contribution in [0.3, 0.4) is 0 Å². The summed E-state index contributed by atoms with van der Waals surface area (Å²) in [6, 6.07) is 5.77. The second-order valence-corrected chi connectivity index (χ2v) is 10.4. The van der Waals surface area contributed by atoms with E-state index in [9.17, 15) is 18.7 Å². The van der Waals surface area contributed by atoms with Gasteiger partial charge in [0.15, 0.2) is 5.82 Å². The summed E-state index contributed by atoms with van der Waals surface area (Å²) in [5.41, 5.74) is 1.57. The Kier molecular flexibility index (Phi) is 7.52. The third-order valence-electron chi connectivity index (χ3n) is 6.89. The van der Waals surface area contributed by atoms with Crippen LogP contribution in [-0.2, 0) is 6.61 Å². The van der Waals surface area contributed by atoms with Crippen LogP contribution in [0, 0.1) is 25.5 Å². The van der Waals surface area contributed by atoms with Gasteiger partial charge in [-0.25, -0.2) is 18.7 Å². The molecule has 4 aromatic rings. The molecule has 0 atom stereocenters. The summed E-state index contributed by atoms with van der Waals surface area (Å²) in [6.07, 6.45) is 5.42. The quantitative estimate of drug-likeness (QED) is 0.361. The molecule has 0 spiro atoms. The van der Waals surface area contributed by atoms with Crippen LogP contribution >= 0.6 is 11.6 Å². The van der Waals surface area contributed by atoms with Crippen LogP contribution in [0.4, 0.5) is 14.7 Å². The summed E-state index contributed by atoms with van der Waals surface area (Å²) in [5, 5.41) is 10.1. The SMILES string of the molecule is Cc1cnc(-c2ccnc(N3CCC(C)(O)CC3)n2)cc1-n1c(C)cc(OCc2ncc(F)cc2F)c(Cl)c1=O. The zero-order valence-corrected chi connectivity index (χ0v) is 22.9. The van der Waals surface area contributed by atoms with Gasteiger partial charge in [0.1, 0.15) is 28.9 Å². The Hall–Kier alpha value is -3.96. The van der Waals surface area contributed by atoms with Crippen LogP contribution in [0.5, 0.6) is 5.75 Å². The van der Waals surface area contributed by atoms with E-state index in [2.05, 4.69) is 15.0 Å². The Morgan fingerprint density at radius 3 is 2.55 bits per heavy atom. The van der Waals surface area contributed by atoms with Crippen molar-refractivity contribution < 1.29 is 18.6 Å². The molecule has 0 aliphatic carbocycles. The number of aryl methyl sites for hydroxylation is 2. The number of nitrogens with zero attached hydrogens (tertiary/aromatic N) is 6. The maximum atomic E-state index is 14.0.